The van der Waals surface area contributed by atoms with E-state index in [-0.39, 0.29) is 0 Å². The van der Waals surface area contributed by atoms with Crippen LogP contribution in [0.15, 0.2) is 9.59 Å². The molecule has 0 aromatic carbocycles. The Labute approximate surface area is 59.2 Å². The van der Waals surface area contributed by atoms with Gasteiger partial charge in [0.25, 0.3) is 11.5 Å². The van der Waals surface area contributed by atoms with Crippen molar-refractivity contribution in [1.29, 1.82) is 0 Å². The van der Waals surface area contributed by atoms with E-state index in [1.165, 1.54) is 0 Å². The standard InChI is InChI=1S/C4H4N4O3/c5-2(9)1-3(10)6-4(11)8-7-1/h(H2,5,9)(H2,6,8,10,11). The van der Waals surface area contributed by atoms with Crippen LogP contribution in [0.4, 0.5) is 0 Å². The second-order valence-electron chi connectivity index (χ2n) is 1.72. The maximum atomic E-state index is 10.6. The van der Waals surface area contributed by atoms with Crippen LogP contribution in [0, 0.1) is 0 Å². The average molecular weight is 156 g/mol. The number of nitrogens with two attached hydrogens (primary N) is 1. The zero-order valence-corrected chi connectivity index (χ0v) is 5.25. The average Bonchev–Trinajstić information content (AvgIpc) is 1.85. The van der Waals surface area contributed by atoms with Crippen LogP contribution in [-0.4, -0.2) is 21.1 Å². The van der Waals surface area contributed by atoms with E-state index >= 15 is 0 Å². The number of hydrogen-bond donors (Lipinski definition) is 3. The summed E-state index contributed by atoms with van der Waals surface area (Å²) in [6.07, 6.45) is 0. The van der Waals surface area contributed by atoms with Crippen LogP contribution in [0.3, 0.4) is 0 Å². The Bertz CT molecular complexity index is 389. The highest BCUT2D eigenvalue weighted by atomic mass is 16.2. The molecule has 7 heteroatoms. The molecule has 0 saturated carbocycles. The summed E-state index contributed by atoms with van der Waals surface area (Å²) in [4.78, 5) is 33.1. The van der Waals surface area contributed by atoms with Crippen molar-refractivity contribution in [3.63, 3.8) is 0 Å². The van der Waals surface area contributed by atoms with Crippen LogP contribution in [0.5, 0.6) is 0 Å². The lowest BCUT2D eigenvalue weighted by Crippen LogP contribution is -2.32. The van der Waals surface area contributed by atoms with E-state index in [2.05, 4.69) is 5.10 Å². The molecule has 1 amide bonds. The van der Waals surface area contributed by atoms with Crippen LogP contribution in [0.1, 0.15) is 10.5 Å². The van der Waals surface area contributed by atoms with E-state index in [0.29, 0.717) is 0 Å². The Morgan fingerprint density at radius 2 is 2.09 bits per heavy atom. The van der Waals surface area contributed by atoms with Gasteiger partial charge in [-0.3, -0.25) is 14.6 Å². The molecule has 0 aliphatic rings. The van der Waals surface area contributed by atoms with Gasteiger partial charge in [0.05, 0.1) is 0 Å². The molecular weight excluding hydrogens is 152 g/mol. The monoisotopic (exact) mass is 156 g/mol. The summed E-state index contributed by atoms with van der Waals surface area (Å²) < 4.78 is 0. The highest BCUT2D eigenvalue weighted by Crippen LogP contribution is 1.71. The number of carbonyl (C=O) groups excluding carboxylic acids is 1. The second kappa shape index (κ2) is 2.37. The van der Waals surface area contributed by atoms with E-state index in [9.17, 15) is 14.4 Å². The zero-order valence-electron chi connectivity index (χ0n) is 5.25. The van der Waals surface area contributed by atoms with Gasteiger partial charge in [-0.2, -0.15) is 5.10 Å². The van der Waals surface area contributed by atoms with Crippen molar-refractivity contribution in [1.82, 2.24) is 15.2 Å². The third-order valence-electron chi connectivity index (χ3n) is 0.945. The summed E-state index contributed by atoms with van der Waals surface area (Å²) in [5, 5.41) is 4.98. The normalized spacial score (nSPS) is 9.45. The molecule has 0 atom stereocenters. The molecule has 0 aliphatic carbocycles. The highest BCUT2D eigenvalue weighted by Gasteiger charge is 2.07. The molecule has 0 radical (unpaired) electrons. The van der Waals surface area contributed by atoms with Crippen molar-refractivity contribution in [3.05, 3.63) is 26.5 Å². The Morgan fingerprint density at radius 1 is 1.45 bits per heavy atom. The second-order valence-corrected chi connectivity index (χ2v) is 1.72. The maximum absolute atomic E-state index is 10.6. The van der Waals surface area contributed by atoms with Gasteiger partial charge in [0.2, 0.25) is 5.69 Å². The molecule has 58 valence electrons. The minimum Gasteiger partial charge on any atom is -0.364 e. The van der Waals surface area contributed by atoms with Crippen molar-refractivity contribution in [2.75, 3.05) is 0 Å². The number of aromatic amines is 2. The van der Waals surface area contributed by atoms with Crippen LogP contribution < -0.4 is 17.0 Å². The molecule has 0 unspecified atom stereocenters. The lowest BCUT2D eigenvalue weighted by molar-refractivity contribution is 0.0992. The first kappa shape index (κ1) is 7.19. The first-order valence-corrected chi connectivity index (χ1v) is 2.60. The summed E-state index contributed by atoms with van der Waals surface area (Å²) in [5.41, 5.74) is 2.55. The van der Waals surface area contributed by atoms with Crippen molar-refractivity contribution >= 4 is 5.91 Å². The molecule has 0 aliphatic heterocycles. The number of H-pyrrole nitrogens is 2. The fourth-order valence-corrected chi connectivity index (χ4v) is 0.515. The molecule has 0 fully saturated rings. The van der Waals surface area contributed by atoms with Crippen molar-refractivity contribution in [2.45, 2.75) is 0 Å². The van der Waals surface area contributed by atoms with Gasteiger partial charge >= 0.3 is 5.69 Å². The fourth-order valence-electron chi connectivity index (χ4n) is 0.515. The van der Waals surface area contributed by atoms with E-state index in [0.717, 1.165) is 0 Å². The number of aromatic nitrogens is 3. The Balaban J connectivity index is 3.43. The van der Waals surface area contributed by atoms with E-state index in [1.54, 1.807) is 4.98 Å². The van der Waals surface area contributed by atoms with Gasteiger partial charge in [0.1, 0.15) is 0 Å². The van der Waals surface area contributed by atoms with Gasteiger partial charge in [-0.15, -0.1) is 0 Å². The van der Waals surface area contributed by atoms with E-state index < -0.39 is 22.9 Å². The summed E-state index contributed by atoms with van der Waals surface area (Å²) >= 11 is 0. The summed E-state index contributed by atoms with van der Waals surface area (Å²) in [6.45, 7) is 0. The predicted octanol–water partition coefficient (Wildman–Crippen LogP) is -2.44. The van der Waals surface area contributed by atoms with Gasteiger partial charge in [-0.1, -0.05) is 0 Å². The Hall–Kier alpha value is -1.92. The minimum atomic E-state index is -0.984. The van der Waals surface area contributed by atoms with Crippen LogP contribution >= 0.6 is 0 Å². The lowest BCUT2D eigenvalue weighted by Gasteiger charge is -1.88. The number of rotatable bonds is 1. The number of amides is 1. The largest absolute Gasteiger partial charge is 0.364 e. The number of primary amides is 1. The molecule has 1 heterocycles. The summed E-state index contributed by atoms with van der Waals surface area (Å²) in [7, 11) is 0. The third-order valence-corrected chi connectivity index (χ3v) is 0.945. The Kier molecular flexibility index (Phi) is 1.55. The first-order chi connectivity index (χ1) is 5.11. The molecule has 1 aromatic heterocycles. The maximum Gasteiger partial charge on any atom is 0.342 e. The number of carbonyl (C=O) groups is 1. The molecule has 4 N–H and O–H groups in total. The Morgan fingerprint density at radius 3 is 2.55 bits per heavy atom. The molecular formula is C4H4N4O3. The molecule has 0 saturated heterocycles. The SMILES string of the molecule is NC(=O)c1n[nH]c(=O)[nH]c1=O. The van der Waals surface area contributed by atoms with Crippen molar-refractivity contribution in [3.8, 4) is 0 Å². The van der Waals surface area contributed by atoms with Crippen LogP contribution in [-0.2, 0) is 0 Å². The third kappa shape index (κ3) is 1.31. The van der Waals surface area contributed by atoms with Gasteiger partial charge in [-0.05, 0) is 0 Å². The molecule has 0 bridgehead atoms. The molecule has 7 nitrogen and oxygen atoms in total. The summed E-state index contributed by atoms with van der Waals surface area (Å²) in [5.74, 6) is -0.984. The van der Waals surface area contributed by atoms with Gasteiger partial charge in [-0.25, -0.2) is 9.89 Å². The van der Waals surface area contributed by atoms with Gasteiger partial charge < -0.3 is 5.73 Å². The fraction of sp³-hybridized carbons (Fsp3) is 0. The topological polar surface area (TPSA) is 122 Å². The van der Waals surface area contributed by atoms with E-state index in [4.69, 9.17) is 5.73 Å². The van der Waals surface area contributed by atoms with Gasteiger partial charge in [0.15, 0.2) is 0 Å². The molecule has 0 spiro atoms. The quantitative estimate of drug-likeness (QED) is 0.418. The van der Waals surface area contributed by atoms with Gasteiger partial charge in [0, 0.05) is 0 Å². The molecule has 11 heavy (non-hydrogen) atoms. The van der Waals surface area contributed by atoms with E-state index in [1.807, 2.05) is 5.10 Å². The smallest absolute Gasteiger partial charge is 0.342 e. The minimum absolute atomic E-state index is 0.510. The van der Waals surface area contributed by atoms with Crippen LogP contribution in [0.2, 0.25) is 0 Å². The molecule has 1 rings (SSSR count). The first-order valence-electron chi connectivity index (χ1n) is 2.60. The zero-order chi connectivity index (χ0) is 8.43. The highest BCUT2D eigenvalue weighted by molar-refractivity contribution is 5.90. The number of nitrogens with one attached hydrogen (secondary N) is 2. The lowest BCUT2D eigenvalue weighted by atomic mass is 10.4. The van der Waals surface area contributed by atoms with Crippen LogP contribution in [0.25, 0.3) is 0 Å². The predicted molar refractivity (Wildman–Crippen MR) is 34.0 cm³/mol. The molecule has 1 aromatic rings. The van der Waals surface area contributed by atoms with Crippen molar-refractivity contribution < 1.29 is 4.79 Å². The van der Waals surface area contributed by atoms with Crippen molar-refractivity contribution in [2.24, 2.45) is 5.73 Å². The summed E-state index contributed by atoms with van der Waals surface area (Å²) in [6, 6.07) is 0. The number of nitrogens with zero attached hydrogens (tertiary/aromatic N) is 1. The number of hydrogen-bond acceptors (Lipinski definition) is 4.